The molecule has 0 heterocycles. The van der Waals surface area contributed by atoms with E-state index in [1.165, 1.54) is 0 Å². The maximum absolute atomic E-state index is 11.7. The second-order valence-electron chi connectivity index (χ2n) is 3.83. The molecule has 2 N–H and O–H groups in total. The number of alkyl halides is 2. The Hall–Kier alpha value is -0.750. The van der Waals surface area contributed by atoms with Gasteiger partial charge in [-0.05, 0) is 12.5 Å². The Morgan fingerprint density at radius 1 is 1.50 bits per heavy atom. The van der Waals surface area contributed by atoms with Crippen LogP contribution >= 0.6 is 0 Å². The quantitative estimate of drug-likeness (QED) is 0.634. The lowest BCUT2D eigenvalue weighted by atomic mass is 10.2. The summed E-state index contributed by atoms with van der Waals surface area (Å²) in [6.07, 6.45) is -2.36. The van der Waals surface area contributed by atoms with Gasteiger partial charge in [0.25, 0.3) is 6.43 Å². The molecule has 1 unspecified atom stereocenters. The van der Waals surface area contributed by atoms with Crippen LogP contribution in [0.1, 0.15) is 13.3 Å². The second-order valence-corrected chi connectivity index (χ2v) is 3.83. The number of carbonyl (C=O) groups is 1. The molecule has 1 amide bonds. The van der Waals surface area contributed by atoms with Crippen LogP contribution in [0.15, 0.2) is 0 Å². The summed E-state index contributed by atoms with van der Waals surface area (Å²) >= 11 is 0. The van der Waals surface area contributed by atoms with Crippen molar-refractivity contribution in [2.75, 3.05) is 33.4 Å². The van der Waals surface area contributed by atoms with E-state index in [1.807, 2.05) is 6.92 Å². The Morgan fingerprint density at radius 3 is 2.62 bits per heavy atom. The normalized spacial score (nSPS) is 12.9. The molecule has 0 aliphatic carbocycles. The van der Waals surface area contributed by atoms with Crippen LogP contribution in [-0.4, -0.2) is 50.6 Å². The first-order chi connectivity index (χ1) is 7.47. The van der Waals surface area contributed by atoms with Gasteiger partial charge in [0.2, 0.25) is 5.91 Å². The van der Waals surface area contributed by atoms with Crippen molar-refractivity contribution >= 4 is 5.91 Å². The lowest BCUT2D eigenvalue weighted by Gasteiger charge is -2.20. The summed E-state index contributed by atoms with van der Waals surface area (Å²) in [5.41, 5.74) is 5.43. The minimum Gasteiger partial charge on any atom is -0.375 e. The Morgan fingerprint density at radius 2 is 2.12 bits per heavy atom. The largest absolute Gasteiger partial charge is 0.375 e. The van der Waals surface area contributed by atoms with Gasteiger partial charge in [0.05, 0.1) is 13.0 Å². The summed E-state index contributed by atoms with van der Waals surface area (Å²) in [6.45, 7) is 2.45. The van der Waals surface area contributed by atoms with Crippen molar-refractivity contribution in [3.63, 3.8) is 0 Å². The molecule has 0 fully saturated rings. The van der Waals surface area contributed by atoms with Crippen molar-refractivity contribution in [2.45, 2.75) is 19.8 Å². The SMILES string of the molecule is CC(CN)CN(C)C(=O)CCOCC(F)F. The molecular formula is C10H20F2N2O2. The van der Waals surface area contributed by atoms with Crippen LogP contribution in [0, 0.1) is 5.92 Å². The van der Waals surface area contributed by atoms with E-state index in [9.17, 15) is 13.6 Å². The van der Waals surface area contributed by atoms with Gasteiger partial charge >= 0.3 is 0 Å². The fourth-order valence-electron chi connectivity index (χ4n) is 1.17. The highest BCUT2D eigenvalue weighted by Gasteiger charge is 2.11. The number of halogens is 2. The molecular weight excluding hydrogens is 218 g/mol. The zero-order valence-corrected chi connectivity index (χ0v) is 9.79. The highest BCUT2D eigenvalue weighted by Crippen LogP contribution is 1.99. The van der Waals surface area contributed by atoms with E-state index in [4.69, 9.17) is 5.73 Å². The third-order valence-corrected chi connectivity index (χ3v) is 2.12. The maximum atomic E-state index is 11.7. The van der Waals surface area contributed by atoms with Crippen LogP contribution in [0.2, 0.25) is 0 Å². The molecule has 96 valence electrons. The van der Waals surface area contributed by atoms with Crippen molar-refractivity contribution < 1.29 is 18.3 Å². The Kier molecular flexibility index (Phi) is 8.01. The molecule has 0 saturated heterocycles. The number of carbonyl (C=O) groups excluding carboxylic acids is 1. The number of amides is 1. The fraction of sp³-hybridized carbons (Fsp3) is 0.900. The van der Waals surface area contributed by atoms with E-state index in [-0.39, 0.29) is 24.9 Å². The molecule has 16 heavy (non-hydrogen) atoms. The Balaban J connectivity index is 3.63. The van der Waals surface area contributed by atoms with Gasteiger partial charge in [-0.2, -0.15) is 0 Å². The molecule has 1 atom stereocenters. The van der Waals surface area contributed by atoms with Crippen LogP contribution in [0.3, 0.4) is 0 Å². The molecule has 0 aromatic heterocycles. The first-order valence-electron chi connectivity index (χ1n) is 5.27. The number of nitrogens with zero attached hydrogens (tertiary/aromatic N) is 1. The van der Waals surface area contributed by atoms with Crippen LogP contribution in [0.25, 0.3) is 0 Å². The molecule has 0 aliphatic rings. The van der Waals surface area contributed by atoms with E-state index in [2.05, 4.69) is 4.74 Å². The topological polar surface area (TPSA) is 55.6 Å². The Bertz CT molecular complexity index is 203. The van der Waals surface area contributed by atoms with E-state index in [0.29, 0.717) is 13.1 Å². The highest BCUT2D eigenvalue weighted by atomic mass is 19.3. The molecule has 0 rings (SSSR count). The summed E-state index contributed by atoms with van der Waals surface area (Å²) in [6, 6.07) is 0. The first kappa shape index (κ1) is 15.2. The lowest BCUT2D eigenvalue weighted by molar-refractivity contribution is -0.131. The number of nitrogens with two attached hydrogens (primary N) is 1. The molecule has 0 aromatic carbocycles. The third kappa shape index (κ3) is 7.53. The minimum absolute atomic E-state index is 0.0323. The van der Waals surface area contributed by atoms with Gasteiger partial charge in [0, 0.05) is 13.6 Å². The summed E-state index contributed by atoms with van der Waals surface area (Å²) in [5.74, 6) is 0.116. The van der Waals surface area contributed by atoms with Crippen molar-refractivity contribution in [2.24, 2.45) is 11.7 Å². The summed E-state index contributed by atoms with van der Waals surface area (Å²) in [5, 5.41) is 0. The fourth-order valence-corrected chi connectivity index (χ4v) is 1.17. The molecule has 4 nitrogen and oxygen atoms in total. The minimum atomic E-state index is -2.48. The van der Waals surface area contributed by atoms with Gasteiger partial charge in [-0.1, -0.05) is 6.92 Å². The molecule has 0 aromatic rings. The smallest absolute Gasteiger partial charge is 0.261 e. The summed E-state index contributed by atoms with van der Waals surface area (Å²) in [4.78, 5) is 13.0. The van der Waals surface area contributed by atoms with Gasteiger partial charge in [-0.15, -0.1) is 0 Å². The number of ether oxygens (including phenoxy) is 1. The van der Waals surface area contributed by atoms with Crippen molar-refractivity contribution in [1.82, 2.24) is 4.90 Å². The summed E-state index contributed by atoms with van der Waals surface area (Å²) in [7, 11) is 1.67. The number of hydrogen-bond donors (Lipinski definition) is 1. The van der Waals surface area contributed by atoms with Gasteiger partial charge in [-0.25, -0.2) is 8.78 Å². The van der Waals surface area contributed by atoms with E-state index in [1.54, 1.807) is 11.9 Å². The van der Waals surface area contributed by atoms with E-state index >= 15 is 0 Å². The van der Waals surface area contributed by atoms with Gasteiger partial charge in [0.1, 0.15) is 6.61 Å². The lowest BCUT2D eigenvalue weighted by Crippen LogP contribution is -2.34. The predicted octanol–water partition coefficient (Wildman–Crippen LogP) is 0.711. The van der Waals surface area contributed by atoms with Crippen molar-refractivity contribution in [3.8, 4) is 0 Å². The van der Waals surface area contributed by atoms with Crippen molar-refractivity contribution in [3.05, 3.63) is 0 Å². The molecule has 0 radical (unpaired) electrons. The molecule has 0 saturated carbocycles. The van der Waals surface area contributed by atoms with Gasteiger partial charge < -0.3 is 15.4 Å². The molecule has 0 bridgehead atoms. The maximum Gasteiger partial charge on any atom is 0.261 e. The zero-order valence-electron chi connectivity index (χ0n) is 9.79. The van der Waals surface area contributed by atoms with E-state index < -0.39 is 13.0 Å². The molecule has 0 aliphatic heterocycles. The van der Waals surface area contributed by atoms with Crippen LogP contribution in [-0.2, 0) is 9.53 Å². The standard InChI is InChI=1S/C10H20F2N2O2/c1-8(5-13)6-14(2)10(15)3-4-16-7-9(11)12/h8-9H,3-7,13H2,1-2H3. The van der Waals surface area contributed by atoms with E-state index in [0.717, 1.165) is 0 Å². The average molecular weight is 238 g/mol. The predicted molar refractivity (Wildman–Crippen MR) is 57.3 cm³/mol. The first-order valence-corrected chi connectivity index (χ1v) is 5.27. The molecule has 6 heteroatoms. The molecule has 0 spiro atoms. The average Bonchev–Trinajstić information content (AvgIpc) is 2.23. The van der Waals surface area contributed by atoms with Crippen LogP contribution in [0.5, 0.6) is 0 Å². The Labute approximate surface area is 94.7 Å². The monoisotopic (exact) mass is 238 g/mol. The zero-order chi connectivity index (χ0) is 12.6. The van der Waals surface area contributed by atoms with Crippen LogP contribution in [0.4, 0.5) is 8.78 Å². The highest BCUT2D eigenvalue weighted by molar-refractivity contribution is 5.75. The second kappa shape index (κ2) is 8.41. The number of hydrogen-bond acceptors (Lipinski definition) is 3. The van der Waals surface area contributed by atoms with Gasteiger partial charge in [0.15, 0.2) is 0 Å². The number of rotatable bonds is 8. The van der Waals surface area contributed by atoms with Crippen LogP contribution < -0.4 is 5.73 Å². The summed E-state index contributed by atoms with van der Waals surface area (Å²) < 4.78 is 28.0. The third-order valence-electron chi connectivity index (χ3n) is 2.12. The van der Waals surface area contributed by atoms with Gasteiger partial charge in [-0.3, -0.25) is 4.79 Å². The van der Waals surface area contributed by atoms with Crippen molar-refractivity contribution in [1.29, 1.82) is 0 Å².